The first kappa shape index (κ1) is 12.6. The number of sulfonamides is 1. The van der Waals surface area contributed by atoms with Crippen LogP contribution in [0.4, 0.5) is 5.13 Å². The van der Waals surface area contributed by atoms with Crippen LogP contribution in [-0.4, -0.2) is 13.4 Å². The summed E-state index contributed by atoms with van der Waals surface area (Å²) in [6, 6.07) is 6.80. The Morgan fingerprint density at radius 3 is 2.63 bits per heavy atom. The van der Waals surface area contributed by atoms with Crippen LogP contribution in [0.3, 0.4) is 0 Å². The second kappa shape index (κ2) is 4.61. The summed E-state index contributed by atoms with van der Waals surface area (Å²) in [5.41, 5.74) is 2.08. The van der Waals surface area contributed by atoms with Crippen molar-refractivity contribution in [3.63, 3.8) is 0 Å². The van der Waals surface area contributed by atoms with Crippen LogP contribution >= 0.6 is 11.3 Å². The van der Waals surface area contributed by atoms with Gasteiger partial charge in [-0.05, 0) is 38.3 Å². The molecule has 100 valence electrons. The Bertz CT molecular complexity index is 681. The molecule has 0 atom stereocenters. The molecule has 0 radical (unpaired) electrons. The van der Waals surface area contributed by atoms with Gasteiger partial charge in [-0.3, -0.25) is 4.72 Å². The zero-order chi connectivity index (χ0) is 13.5. The lowest BCUT2D eigenvalue weighted by atomic mass is 10.2. The highest BCUT2D eigenvalue weighted by Gasteiger charge is 2.20. The van der Waals surface area contributed by atoms with Crippen molar-refractivity contribution in [3.05, 3.63) is 40.4 Å². The van der Waals surface area contributed by atoms with Gasteiger partial charge in [-0.15, -0.1) is 11.3 Å². The van der Waals surface area contributed by atoms with Crippen molar-refractivity contribution in [2.75, 3.05) is 4.72 Å². The normalized spacial score (nSPS) is 14.4. The molecule has 1 aromatic heterocycles. The van der Waals surface area contributed by atoms with E-state index in [0.29, 0.717) is 5.13 Å². The molecule has 3 rings (SSSR count). The van der Waals surface area contributed by atoms with E-state index < -0.39 is 10.0 Å². The molecule has 6 heteroatoms. The molecule has 0 bridgehead atoms. The number of rotatable bonds is 3. The molecule has 0 aliphatic heterocycles. The molecule has 1 aliphatic rings. The molecule has 0 amide bonds. The van der Waals surface area contributed by atoms with Gasteiger partial charge in [-0.1, -0.05) is 17.7 Å². The molecule has 0 saturated heterocycles. The van der Waals surface area contributed by atoms with Gasteiger partial charge in [0.1, 0.15) is 0 Å². The van der Waals surface area contributed by atoms with Crippen molar-refractivity contribution < 1.29 is 8.42 Å². The number of anilines is 1. The molecule has 0 saturated carbocycles. The first-order valence-electron chi connectivity index (χ1n) is 6.13. The average molecular weight is 294 g/mol. The van der Waals surface area contributed by atoms with E-state index >= 15 is 0 Å². The maximum Gasteiger partial charge on any atom is 0.263 e. The van der Waals surface area contributed by atoms with Crippen LogP contribution in [0.5, 0.6) is 0 Å². The van der Waals surface area contributed by atoms with Crippen LogP contribution in [0.15, 0.2) is 29.2 Å². The van der Waals surface area contributed by atoms with E-state index in [4.69, 9.17) is 0 Å². The average Bonchev–Trinajstić information content (AvgIpc) is 2.89. The number of aryl methyl sites for hydroxylation is 3. The Labute approximate surface area is 116 Å². The largest absolute Gasteiger partial charge is 0.263 e. The topological polar surface area (TPSA) is 59.1 Å². The summed E-state index contributed by atoms with van der Waals surface area (Å²) < 4.78 is 27.0. The van der Waals surface area contributed by atoms with Crippen LogP contribution in [0.1, 0.15) is 22.6 Å². The van der Waals surface area contributed by atoms with Crippen LogP contribution in [0.25, 0.3) is 0 Å². The predicted octanol–water partition coefficient (Wildman–Crippen LogP) is 2.74. The second-order valence-electron chi connectivity index (χ2n) is 4.66. The Morgan fingerprint density at radius 2 is 1.95 bits per heavy atom. The van der Waals surface area contributed by atoms with E-state index in [1.165, 1.54) is 16.2 Å². The summed E-state index contributed by atoms with van der Waals surface area (Å²) in [6.45, 7) is 1.93. The number of thiazole rings is 1. The first-order chi connectivity index (χ1) is 9.04. The minimum atomic E-state index is -3.52. The minimum absolute atomic E-state index is 0.272. The number of hydrogen-bond acceptors (Lipinski definition) is 4. The summed E-state index contributed by atoms with van der Waals surface area (Å²) in [5, 5.41) is 0.477. The molecule has 1 N–H and O–H groups in total. The molecule has 19 heavy (non-hydrogen) atoms. The van der Waals surface area contributed by atoms with Crippen LogP contribution < -0.4 is 4.72 Å². The fourth-order valence-corrected chi connectivity index (χ4v) is 4.41. The van der Waals surface area contributed by atoms with Crippen LogP contribution in [0, 0.1) is 6.92 Å². The van der Waals surface area contributed by atoms with E-state index in [9.17, 15) is 8.42 Å². The molecular weight excluding hydrogens is 280 g/mol. The minimum Gasteiger partial charge on any atom is -0.255 e. The van der Waals surface area contributed by atoms with Gasteiger partial charge in [0.25, 0.3) is 10.0 Å². The van der Waals surface area contributed by atoms with Crippen LogP contribution in [-0.2, 0) is 22.9 Å². The fraction of sp³-hybridized carbons (Fsp3) is 0.308. The molecule has 1 aliphatic carbocycles. The van der Waals surface area contributed by atoms with E-state index in [0.717, 1.165) is 30.5 Å². The first-order valence-corrected chi connectivity index (χ1v) is 8.43. The number of nitrogens with zero attached hydrogens (tertiary/aromatic N) is 1. The second-order valence-corrected chi connectivity index (χ2v) is 7.43. The van der Waals surface area contributed by atoms with Crippen molar-refractivity contribution in [3.8, 4) is 0 Å². The molecule has 2 aromatic rings. The van der Waals surface area contributed by atoms with Gasteiger partial charge in [-0.25, -0.2) is 13.4 Å². The zero-order valence-corrected chi connectivity index (χ0v) is 12.1. The van der Waals surface area contributed by atoms with Gasteiger partial charge in [-0.2, -0.15) is 0 Å². The lowest BCUT2D eigenvalue weighted by Gasteiger charge is -2.05. The van der Waals surface area contributed by atoms with Crippen molar-refractivity contribution in [1.82, 2.24) is 4.98 Å². The summed E-state index contributed by atoms with van der Waals surface area (Å²) >= 11 is 1.45. The number of nitrogens with one attached hydrogen (secondary N) is 1. The molecule has 1 aromatic carbocycles. The smallest absolute Gasteiger partial charge is 0.255 e. The maximum absolute atomic E-state index is 12.2. The van der Waals surface area contributed by atoms with Crippen molar-refractivity contribution in [2.24, 2.45) is 0 Å². The van der Waals surface area contributed by atoms with Crippen molar-refractivity contribution in [1.29, 1.82) is 0 Å². The van der Waals surface area contributed by atoms with Gasteiger partial charge >= 0.3 is 0 Å². The Balaban J connectivity index is 1.86. The van der Waals surface area contributed by atoms with Crippen molar-refractivity contribution in [2.45, 2.75) is 31.1 Å². The third kappa shape index (κ3) is 2.50. The molecule has 1 heterocycles. The number of hydrogen-bond donors (Lipinski definition) is 1. The Hall–Kier alpha value is -1.40. The summed E-state index contributed by atoms with van der Waals surface area (Å²) in [5.74, 6) is 0. The Morgan fingerprint density at radius 1 is 1.21 bits per heavy atom. The van der Waals surface area contributed by atoms with Crippen LogP contribution in [0.2, 0.25) is 0 Å². The lowest BCUT2D eigenvalue weighted by Crippen LogP contribution is -2.12. The SMILES string of the molecule is Cc1ccc(S(=O)(=O)Nc2nc3c(s2)CCC3)cc1. The summed E-state index contributed by atoms with van der Waals surface area (Å²) in [6.07, 6.45) is 3.09. The predicted molar refractivity (Wildman–Crippen MR) is 76.1 cm³/mol. The molecule has 0 unspecified atom stereocenters. The lowest BCUT2D eigenvalue weighted by molar-refractivity contribution is 0.601. The zero-order valence-electron chi connectivity index (χ0n) is 10.5. The third-order valence-electron chi connectivity index (χ3n) is 3.15. The molecular formula is C13H14N2O2S2. The van der Waals surface area contributed by atoms with E-state index in [2.05, 4.69) is 9.71 Å². The van der Waals surface area contributed by atoms with E-state index in [1.807, 2.05) is 6.92 Å². The third-order valence-corrected chi connectivity index (χ3v) is 5.71. The summed E-state index contributed by atoms with van der Waals surface area (Å²) in [7, 11) is -3.52. The number of benzene rings is 1. The molecule has 0 fully saturated rings. The highest BCUT2D eigenvalue weighted by molar-refractivity contribution is 7.93. The van der Waals surface area contributed by atoms with E-state index in [1.54, 1.807) is 24.3 Å². The molecule has 0 spiro atoms. The van der Waals surface area contributed by atoms with Gasteiger partial charge in [0.2, 0.25) is 0 Å². The van der Waals surface area contributed by atoms with E-state index in [-0.39, 0.29) is 4.90 Å². The van der Waals surface area contributed by atoms with Crippen molar-refractivity contribution >= 4 is 26.5 Å². The highest BCUT2D eigenvalue weighted by atomic mass is 32.2. The van der Waals surface area contributed by atoms with Gasteiger partial charge in [0, 0.05) is 4.88 Å². The van der Waals surface area contributed by atoms with Gasteiger partial charge in [0.15, 0.2) is 5.13 Å². The maximum atomic E-state index is 12.2. The standard InChI is InChI=1S/C13H14N2O2S2/c1-9-5-7-10(8-6-9)19(16,17)15-13-14-11-3-2-4-12(11)18-13/h5-8H,2-4H2,1H3,(H,14,15). The van der Waals surface area contributed by atoms with Gasteiger partial charge < -0.3 is 0 Å². The Kier molecular flexibility index (Phi) is 3.06. The number of aromatic nitrogens is 1. The quantitative estimate of drug-likeness (QED) is 0.947. The highest BCUT2D eigenvalue weighted by Crippen LogP contribution is 2.31. The summed E-state index contributed by atoms with van der Waals surface area (Å²) in [4.78, 5) is 5.83. The monoisotopic (exact) mass is 294 g/mol. The van der Waals surface area contributed by atoms with Gasteiger partial charge in [0.05, 0.1) is 10.6 Å². The fourth-order valence-electron chi connectivity index (χ4n) is 2.13. The number of fused-ring (bicyclic) bond motifs is 1. The molecule has 4 nitrogen and oxygen atoms in total.